The first-order valence-corrected chi connectivity index (χ1v) is 6.25. The highest BCUT2D eigenvalue weighted by Crippen LogP contribution is 2.43. The normalized spacial score (nSPS) is 27.6. The van der Waals surface area contributed by atoms with Gasteiger partial charge in [-0.05, 0) is 31.5 Å². The van der Waals surface area contributed by atoms with Crippen LogP contribution in [0.15, 0.2) is 24.3 Å². The molecule has 1 saturated carbocycles. The molecule has 0 spiro atoms. The zero-order valence-corrected chi connectivity index (χ0v) is 10.5. The van der Waals surface area contributed by atoms with Crippen LogP contribution in [0.2, 0.25) is 0 Å². The molecule has 0 unspecified atom stereocenters. The highest BCUT2D eigenvalue weighted by atomic mass is 16.5. The molecule has 0 bridgehead atoms. The van der Waals surface area contributed by atoms with E-state index in [4.69, 9.17) is 9.47 Å². The second-order valence-electron chi connectivity index (χ2n) is 4.47. The second kappa shape index (κ2) is 5.07. The summed E-state index contributed by atoms with van der Waals surface area (Å²) in [5, 5.41) is 10.4. The number of hydrogen-bond acceptors (Lipinski definition) is 3. The summed E-state index contributed by atoms with van der Waals surface area (Å²) in [6.45, 7) is 5.31. The monoisotopic (exact) mass is 236 g/mol. The lowest BCUT2D eigenvalue weighted by molar-refractivity contribution is -0.142. The van der Waals surface area contributed by atoms with E-state index in [2.05, 4.69) is 0 Å². The summed E-state index contributed by atoms with van der Waals surface area (Å²) in [6.07, 6.45) is 1.58. The summed E-state index contributed by atoms with van der Waals surface area (Å²) in [7, 11) is 0. The number of hydrogen-bond donors (Lipinski definition) is 1. The van der Waals surface area contributed by atoms with Gasteiger partial charge in [-0.15, -0.1) is 0 Å². The molecule has 0 aliphatic heterocycles. The Kier molecular flexibility index (Phi) is 3.69. The second-order valence-corrected chi connectivity index (χ2v) is 4.47. The van der Waals surface area contributed by atoms with Crippen LogP contribution in [0.1, 0.15) is 32.3 Å². The van der Waals surface area contributed by atoms with Crippen molar-refractivity contribution in [1.29, 1.82) is 0 Å². The van der Waals surface area contributed by atoms with Crippen molar-refractivity contribution in [3.05, 3.63) is 29.8 Å². The number of rotatable bonds is 5. The maximum atomic E-state index is 10.4. The standard InChI is InChI=1S/C14H20O3/c1-3-16-12-7-5-11(6-8-12)14(15)9-13(10-14)17-4-2/h5-8,13,15H,3-4,9-10H2,1-2H3. The van der Waals surface area contributed by atoms with Crippen molar-refractivity contribution < 1.29 is 14.6 Å². The molecule has 0 radical (unpaired) electrons. The Morgan fingerprint density at radius 1 is 1.18 bits per heavy atom. The average molecular weight is 236 g/mol. The Morgan fingerprint density at radius 3 is 2.35 bits per heavy atom. The summed E-state index contributed by atoms with van der Waals surface area (Å²) in [5.41, 5.74) is 0.252. The average Bonchev–Trinajstić information content (AvgIpc) is 2.28. The molecule has 2 rings (SSSR count). The molecule has 1 aromatic carbocycles. The summed E-state index contributed by atoms with van der Waals surface area (Å²) < 4.78 is 10.9. The fraction of sp³-hybridized carbons (Fsp3) is 0.571. The van der Waals surface area contributed by atoms with Crippen molar-refractivity contribution in [3.63, 3.8) is 0 Å². The van der Waals surface area contributed by atoms with Gasteiger partial charge in [0.05, 0.1) is 18.3 Å². The van der Waals surface area contributed by atoms with Gasteiger partial charge < -0.3 is 14.6 Å². The van der Waals surface area contributed by atoms with Gasteiger partial charge in [-0.2, -0.15) is 0 Å². The predicted molar refractivity (Wildman–Crippen MR) is 66.2 cm³/mol. The highest BCUT2D eigenvalue weighted by molar-refractivity contribution is 5.32. The summed E-state index contributed by atoms with van der Waals surface area (Å²) in [4.78, 5) is 0. The van der Waals surface area contributed by atoms with Gasteiger partial charge in [0.15, 0.2) is 0 Å². The Bertz CT molecular complexity index is 352. The van der Waals surface area contributed by atoms with Gasteiger partial charge in [0.25, 0.3) is 0 Å². The Morgan fingerprint density at radius 2 is 1.82 bits per heavy atom. The first-order valence-electron chi connectivity index (χ1n) is 6.25. The lowest BCUT2D eigenvalue weighted by atomic mass is 9.73. The molecule has 1 aromatic rings. The fourth-order valence-electron chi connectivity index (χ4n) is 2.31. The van der Waals surface area contributed by atoms with Crippen LogP contribution in [0.25, 0.3) is 0 Å². The van der Waals surface area contributed by atoms with Gasteiger partial charge in [0.2, 0.25) is 0 Å². The van der Waals surface area contributed by atoms with Crippen molar-refractivity contribution in [1.82, 2.24) is 0 Å². The third kappa shape index (κ3) is 2.61. The van der Waals surface area contributed by atoms with E-state index in [1.807, 2.05) is 38.1 Å². The van der Waals surface area contributed by atoms with Gasteiger partial charge in [-0.3, -0.25) is 0 Å². The van der Waals surface area contributed by atoms with E-state index in [1.54, 1.807) is 0 Å². The molecule has 0 aromatic heterocycles. The smallest absolute Gasteiger partial charge is 0.119 e. The van der Waals surface area contributed by atoms with Crippen molar-refractivity contribution in [2.75, 3.05) is 13.2 Å². The zero-order chi connectivity index (χ0) is 12.3. The third-order valence-electron chi connectivity index (χ3n) is 3.24. The fourth-order valence-corrected chi connectivity index (χ4v) is 2.31. The SMILES string of the molecule is CCOc1ccc(C2(O)CC(OCC)C2)cc1. The van der Waals surface area contributed by atoms with Crippen LogP contribution < -0.4 is 4.74 Å². The predicted octanol–water partition coefficient (Wildman–Crippen LogP) is 2.47. The largest absolute Gasteiger partial charge is 0.494 e. The van der Waals surface area contributed by atoms with Crippen LogP contribution in [0.3, 0.4) is 0 Å². The van der Waals surface area contributed by atoms with Gasteiger partial charge in [0, 0.05) is 19.4 Å². The molecule has 0 heterocycles. The minimum Gasteiger partial charge on any atom is -0.494 e. The molecule has 0 amide bonds. The van der Waals surface area contributed by atoms with E-state index in [-0.39, 0.29) is 6.10 Å². The molecule has 17 heavy (non-hydrogen) atoms. The minimum absolute atomic E-state index is 0.205. The summed E-state index contributed by atoms with van der Waals surface area (Å²) >= 11 is 0. The molecule has 0 atom stereocenters. The molecule has 1 aliphatic carbocycles. The van der Waals surface area contributed by atoms with Gasteiger partial charge in [-0.1, -0.05) is 12.1 Å². The molecule has 3 nitrogen and oxygen atoms in total. The third-order valence-corrected chi connectivity index (χ3v) is 3.24. The van der Waals surface area contributed by atoms with Crippen molar-refractivity contribution in [2.45, 2.75) is 38.4 Å². The van der Waals surface area contributed by atoms with Crippen molar-refractivity contribution in [2.24, 2.45) is 0 Å². The lowest BCUT2D eigenvalue weighted by Crippen LogP contribution is -2.45. The minimum atomic E-state index is -0.704. The molecule has 94 valence electrons. The zero-order valence-electron chi connectivity index (χ0n) is 10.5. The van der Waals surface area contributed by atoms with Gasteiger partial charge in [0.1, 0.15) is 5.75 Å². The Labute approximate surface area is 102 Å². The van der Waals surface area contributed by atoms with Crippen molar-refractivity contribution in [3.8, 4) is 5.75 Å². The summed E-state index contributed by atoms with van der Waals surface area (Å²) in [6, 6.07) is 7.69. The highest BCUT2D eigenvalue weighted by Gasteiger charge is 2.44. The van der Waals surface area contributed by atoms with Crippen molar-refractivity contribution >= 4 is 0 Å². The quantitative estimate of drug-likeness (QED) is 0.853. The van der Waals surface area contributed by atoms with E-state index in [0.717, 1.165) is 11.3 Å². The van der Waals surface area contributed by atoms with E-state index in [1.165, 1.54) is 0 Å². The molecule has 1 aliphatic rings. The summed E-state index contributed by atoms with van der Waals surface area (Å²) in [5.74, 6) is 0.848. The number of aliphatic hydroxyl groups is 1. The lowest BCUT2D eigenvalue weighted by Gasteiger charge is -2.43. The maximum Gasteiger partial charge on any atom is 0.119 e. The van der Waals surface area contributed by atoms with Crippen LogP contribution in [0, 0.1) is 0 Å². The maximum absolute atomic E-state index is 10.4. The van der Waals surface area contributed by atoms with E-state index in [0.29, 0.717) is 26.1 Å². The molecule has 1 N–H and O–H groups in total. The molecule has 1 fully saturated rings. The first-order chi connectivity index (χ1) is 8.18. The van der Waals surface area contributed by atoms with E-state index in [9.17, 15) is 5.11 Å². The molecular weight excluding hydrogens is 216 g/mol. The topological polar surface area (TPSA) is 38.7 Å². The Balaban J connectivity index is 1.98. The van der Waals surface area contributed by atoms with Crippen LogP contribution >= 0.6 is 0 Å². The van der Waals surface area contributed by atoms with Crippen LogP contribution in [-0.2, 0) is 10.3 Å². The number of benzene rings is 1. The van der Waals surface area contributed by atoms with Crippen LogP contribution in [0.5, 0.6) is 5.75 Å². The first kappa shape index (κ1) is 12.4. The van der Waals surface area contributed by atoms with E-state index >= 15 is 0 Å². The van der Waals surface area contributed by atoms with Crippen LogP contribution in [-0.4, -0.2) is 24.4 Å². The van der Waals surface area contributed by atoms with Gasteiger partial charge >= 0.3 is 0 Å². The molecular formula is C14H20O3. The van der Waals surface area contributed by atoms with E-state index < -0.39 is 5.60 Å². The van der Waals surface area contributed by atoms with Crippen LogP contribution in [0.4, 0.5) is 0 Å². The number of ether oxygens (including phenoxy) is 2. The molecule has 3 heteroatoms. The van der Waals surface area contributed by atoms with Gasteiger partial charge in [-0.25, -0.2) is 0 Å². The Hall–Kier alpha value is -1.06. The molecule has 0 saturated heterocycles.